The maximum absolute atomic E-state index is 12.5. The predicted molar refractivity (Wildman–Crippen MR) is 123 cm³/mol. The Hall–Kier alpha value is -3.90. The molecule has 11 heteroatoms. The molecule has 1 fully saturated rings. The number of esters is 1. The van der Waals surface area contributed by atoms with Crippen molar-refractivity contribution < 1.29 is 54.4 Å². The third-order valence-electron chi connectivity index (χ3n) is 5.75. The average Bonchev–Trinajstić information content (AvgIpc) is 2.84. The minimum Gasteiger partial charge on any atom is -0.504 e. The Morgan fingerprint density at radius 3 is 2.28 bits per heavy atom. The van der Waals surface area contributed by atoms with E-state index < -0.39 is 54.8 Å². The van der Waals surface area contributed by atoms with Gasteiger partial charge < -0.3 is 44.8 Å². The molecule has 2 aromatic carbocycles. The minimum atomic E-state index is -1.70. The number of rotatable bonds is 0. The molecule has 11 nitrogen and oxygen atoms in total. The van der Waals surface area contributed by atoms with Gasteiger partial charge >= 0.3 is 5.97 Å². The van der Waals surface area contributed by atoms with Crippen molar-refractivity contribution in [3.05, 3.63) is 59.2 Å². The Morgan fingerprint density at radius 1 is 0.778 bits per heavy atom. The van der Waals surface area contributed by atoms with E-state index in [1.165, 1.54) is 48.6 Å². The van der Waals surface area contributed by atoms with Crippen LogP contribution in [0.1, 0.15) is 16.7 Å². The largest absolute Gasteiger partial charge is 0.504 e. The van der Waals surface area contributed by atoms with E-state index >= 15 is 0 Å². The van der Waals surface area contributed by atoms with Gasteiger partial charge in [-0.1, -0.05) is 12.1 Å². The third-order valence-corrected chi connectivity index (χ3v) is 5.75. The number of hydrogen-bond donors (Lipinski definition) is 6. The summed E-state index contributed by atoms with van der Waals surface area (Å²) in [5, 5.41) is 60.8. The molecular formula is C25H24O11. The quantitative estimate of drug-likeness (QED) is 0.217. The number of phenolic OH excluding ortho intramolecular Hbond substituents is 3. The summed E-state index contributed by atoms with van der Waals surface area (Å²) < 4.78 is 16.1. The van der Waals surface area contributed by atoms with Crippen LogP contribution in [0.3, 0.4) is 0 Å². The highest BCUT2D eigenvalue weighted by Gasteiger charge is 2.45. The van der Waals surface area contributed by atoms with Crippen LogP contribution in [-0.4, -0.2) is 79.7 Å². The highest BCUT2D eigenvalue weighted by Crippen LogP contribution is 2.32. The lowest BCUT2D eigenvalue weighted by molar-refractivity contribution is -0.278. The van der Waals surface area contributed by atoms with Crippen LogP contribution < -0.4 is 4.74 Å². The van der Waals surface area contributed by atoms with Crippen LogP contribution in [0.15, 0.2) is 42.5 Å². The molecule has 0 spiro atoms. The van der Waals surface area contributed by atoms with Gasteiger partial charge in [0.2, 0.25) is 6.29 Å². The van der Waals surface area contributed by atoms with Crippen LogP contribution in [0.5, 0.6) is 23.0 Å². The first-order valence-electron chi connectivity index (χ1n) is 10.9. The molecule has 3 heterocycles. The molecule has 0 amide bonds. The number of ether oxygens (including phenoxy) is 3. The van der Waals surface area contributed by atoms with Crippen molar-refractivity contribution in [1.29, 1.82) is 0 Å². The fourth-order valence-corrected chi connectivity index (χ4v) is 3.76. The Labute approximate surface area is 204 Å². The van der Waals surface area contributed by atoms with Gasteiger partial charge in [0.15, 0.2) is 28.8 Å². The zero-order valence-corrected chi connectivity index (χ0v) is 18.7. The van der Waals surface area contributed by atoms with Crippen LogP contribution in [0.25, 0.3) is 12.2 Å². The summed E-state index contributed by atoms with van der Waals surface area (Å²) >= 11 is 0. The lowest BCUT2D eigenvalue weighted by atomic mass is 9.99. The number of aliphatic hydroxyl groups is 3. The second kappa shape index (κ2) is 10.4. The molecule has 36 heavy (non-hydrogen) atoms. The van der Waals surface area contributed by atoms with E-state index in [9.17, 15) is 40.2 Å². The van der Waals surface area contributed by atoms with Crippen molar-refractivity contribution in [2.75, 3.05) is 6.61 Å². The summed E-state index contributed by atoms with van der Waals surface area (Å²) in [5.74, 6) is -2.60. The van der Waals surface area contributed by atoms with E-state index in [1.54, 1.807) is 0 Å². The van der Waals surface area contributed by atoms with Gasteiger partial charge in [-0.25, -0.2) is 4.79 Å². The Bertz CT molecular complexity index is 1220. The smallest absolute Gasteiger partial charge is 0.330 e. The number of benzene rings is 2. The van der Waals surface area contributed by atoms with Gasteiger partial charge in [0.1, 0.15) is 31.0 Å². The van der Waals surface area contributed by atoms with Crippen LogP contribution in [0, 0.1) is 0 Å². The van der Waals surface area contributed by atoms with E-state index in [-0.39, 0.29) is 29.3 Å². The van der Waals surface area contributed by atoms with Gasteiger partial charge in [-0.2, -0.15) is 0 Å². The van der Waals surface area contributed by atoms with Gasteiger partial charge in [0, 0.05) is 12.5 Å². The number of aliphatic hydroxyl groups excluding tert-OH is 3. The number of hydrogen-bond acceptors (Lipinski definition) is 11. The standard InChI is InChI=1S/C25H24O11/c26-15-4-1-12-2-5-19(18(29)7-12)35-25-24(33)23(32)22(31)20(36-25)11-34-21(30)6-3-13-9-16(27)17(28)10-14(13)8-15/h1-7,9-10,20,22-25,27-29,31-33H,8,11H2. The molecule has 3 aliphatic heterocycles. The second-order valence-electron chi connectivity index (χ2n) is 8.34. The molecule has 190 valence electrons. The van der Waals surface area contributed by atoms with Crippen molar-refractivity contribution in [1.82, 2.24) is 0 Å². The molecule has 0 radical (unpaired) electrons. The van der Waals surface area contributed by atoms with Gasteiger partial charge in [0.25, 0.3) is 0 Å². The van der Waals surface area contributed by atoms with Crippen molar-refractivity contribution in [3.63, 3.8) is 0 Å². The normalized spacial score (nSPS) is 26.8. The molecule has 3 aliphatic rings. The number of carbonyl (C=O) groups excluding carboxylic acids is 2. The van der Waals surface area contributed by atoms with E-state index in [0.29, 0.717) is 11.1 Å². The summed E-state index contributed by atoms with van der Waals surface area (Å²) in [6.45, 7) is -0.519. The molecule has 2 aromatic rings. The lowest BCUT2D eigenvalue weighted by Crippen LogP contribution is -2.60. The Morgan fingerprint density at radius 2 is 1.53 bits per heavy atom. The molecular weight excluding hydrogens is 476 g/mol. The van der Waals surface area contributed by atoms with E-state index in [4.69, 9.17) is 14.2 Å². The van der Waals surface area contributed by atoms with Crippen molar-refractivity contribution >= 4 is 23.9 Å². The van der Waals surface area contributed by atoms with Crippen LogP contribution in [0.4, 0.5) is 0 Å². The van der Waals surface area contributed by atoms with Gasteiger partial charge in [-0.3, -0.25) is 4.79 Å². The number of allylic oxidation sites excluding steroid dienone is 1. The van der Waals surface area contributed by atoms with Gasteiger partial charge in [-0.15, -0.1) is 0 Å². The summed E-state index contributed by atoms with van der Waals surface area (Å²) in [6, 6.07) is 6.56. The molecule has 0 saturated carbocycles. The maximum atomic E-state index is 12.5. The Balaban J connectivity index is 1.70. The van der Waals surface area contributed by atoms with Gasteiger partial charge in [-0.05, 0) is 53.1 Å². The SMILES string of the molecule is O=C1C=Cc2ccc(c(O)c2)OC2OC(COC(=O)C=Cc3cc(O)c(O)cc3C1)C(O)C(O)C2O. The van der Waals surface area contributed by atoms with Crippen molar-refractivity contribution in [2.24, 2.45) is 0 Å². The zero-order valence-electron chi connectivity index (χ0n) is 18.7. The summed E-state index contributed by atoms with van der Waals surface area (Å²) in [7, 11) is 0. The second-order valence-corrected chi connectivity index (χ2v) is 8.34. The fraction of sp³-hybridized carbons (Fsp3) is 0.280. The summed E-state index contributed by atoms with van der Waals surface area (Å²) in [4.78, 5) is 24.8. The molecule has 0 aliphatic carbocycles. The monoisotopic (exact) mass is 500 g/mol. The molecule has 6 N–H and O–H groups in total. The Kier molecular flexibility index (Phi) is 7.27. The molecule has 5 rings (SSSR count). The first kappa shape index (κ1) is 25.2. The zero-order chi connectivity index (χ0) is 26.0. The molecule has 4 bridgehead atoms. The van der Waals surface area contributed by atoms with Crippen molar-refractivity contribution in [3.8, 4) is 23.0 Å². The number of phenols is 3. The number of fused-ring (bicyclic) bond motifs is 7. The van der Waals surface area contributed by atoms with Crippen LogP contribution in [0.2, 0.25) is 0 Å². The summed E-state index contributed by atoms with van der Waals surface area (Å²) in [5.41, 5.74) is 1.03. The molecule has 5 atom stereocenters. The number of ketones is 1. The van der Waals surface area contributed by atoms with E-state index in [0.717, 1.165) is 6.08 Å². The van der Waals surface area contributed by atoms with Crippen molar-refractivity contribution in [2.45, 2.75) is 37.1 Å². The van der Waals surface area contributed by atoms with Gasteiger partial charge in [0.05, 0.1) is 0 Å². The number of carbonyl (C=O) groups is 2. The van der Waals surface area contributed by atoms with E-state index in [1.807, 2.05) is 0 Å². The minimum absolute atomic E-state index is 0.105. The number of aromatic hydroxyl groups is 3. The van der Waals surface area contributed by atoms with Crippen LogP contribution >= 0.6 is 0 Å². The fourth-order valence-electron chi connectivity index (χ4n) is 3.76. The molecule has 5 unspecified atom stereocenters. The molecule has 0 aromatic heterocycles. The highest BCUT2D eigenvalue weighted by molar-refractivity contribution is 5.96. The van der Waals surface area contributed by atoms with Crippen LogP contribution in [-0.2, 0) is 25.5 Å². The summed E-state index contributed by atoms with van der Waals surface area (Å²) in [6.07, 6.45) is -2.97. The maximum Gasteiger partial charge on any atom is 0.330 e. The first-order chi connectivity index (χ1) is 17.1. The topological polar surface area (TPSA) is 183 Å². The first-order valence-corrected chi connectivity index (χ1v) is 10.9. The van der Waals surface area contributed by atoms with E-state index in [2.05, 4.69) is 0 Å². The predicted octanol–water partition coefficient (Wildman–Crippen LogP) is 0.385. The highest BCUT2D eigenvalue weighted by atomic mass is 16.7. The molecule has 1 saturated heterocycles. The lowest BCUT2D eigenvalue weighted by Gasteiger charge is -2.39. The average molecular weight is 500 g/mol. The third kappa shape index (κ3) is 5.50.